The van der Waals surface area contributed by atoms with Gasteiger partial charge in [0.15, 0.2) is 0 Å². The van der Waals surface area contributed by atoms with Gasteiger partial charge in [-0.3, -0.25) is 9.89 Å². The van der Waals surface area contributed by atoms with Crippen molar-refractivity contribution in [2.45, 2.75) is 36.9 Å². The third kappa shape index (κ3) is 4.25. The van der Waals surface area contributed by atoms with E-state index in [1.54, 1.807) is 42.5 Å². The zero-order valence-electron chi connectivity index (χ0n) is 16.6. The lowest BCUT2D eigenvalue weighted by molar-refractivity contribution is -0.119. The fourth-order valence-electron chi connectivity index (χ4n) is 3.35. The number of hydrogen-bond donors (Lipinski definition) is 2. The summed E-state index contributed by atoms with van der Waals surface area (Å²) < 4.78 is 33.1. The second kappa shape index (κ2) is 8.21. The van der Waals surface area contributed by atoms with Gasteiger partial charge in [0.2, 0.25) is 11.8 Å². The Bertz CT molecular complexity index is 1150. The van der Waals surface area contributed by atoms with Gasteiger partial charge in [0.25, 0.3) is 10.0 Å². The molecule has 0 bridgehead atoms. The molecule has 1 atom stereocenters. The molecule has 3 aromatic rings. The van der Waals surface area contributed by atoms with E-state index in [4.69, 9.17) is 4.74 Å². The standard InChI is InChI=1S/C20H22N4O4S2/c1-13-12-18(23-22-13)28-16-8-6-15(7-9-16)21-20(25)17-4-3-11-24(17)30(26,27)19-10-5-14(2)29-19/h5-10,12,17H,3-4,11H2,1-2H3,(H,21,25)(H,22,23)/t17-/m1/s1. The van der Waals surface area contributed by atoms with Gasteiger partial charge in [0.1, 0.15) is 16.0 Å². The molecule has 10 heteroatoms. The van der Waals surface area contributed by atoms with E-state index in [9.17, 15) is 13.2 Å². The molecular formula is C20H22N4O4S2. The van der Waals surface area contributed by atoms with Gasteiger partial charge in [-0.2, -0.15) is 4.31 Å². The van der Waals surface area contributed by atoms with Crippen LogP contribution in [0.5, 0.6) is 11.6 Å². The van der Waals surface area contributed by atoms with Crippen molar-refractivity contribution in [3.05, 3.63) is 53.0 Å². The molecule has 0 aliphatic carbocycles. The number of amides is 1. The van der Waals surface area contributed by atoms with Crippen LogP contribution in [-0.4, -0.2) is 41.4 Å². The average molecular weight is 447 g/mol. The summed E-state index contributed by atoms with van der Waals surface area (Å²) in [6.07, 6.45) is 1.15. The van der Waals surface area contributed by atoms with Gasteiger partial charge < -0.3 is 10.1 Å². The van der Waals surface area contributed by atoms with Crippen molar-refractivity contribution in [2.24, 2.45) is 0 Å². The van der Waals surface area contributed by atoms with E-state index in [2.05, 4.69) is 15.5 Å². The highest BCUT2D eigenvalue weighted by molar-refractivity contribution is 7.91. The Morgan fingerprint density at radius 1 is 1.23 bits per heavy atom. The number of nitrogens with zero attached hydrogens (tertiary/aromatic N) is 2. The molecule has 1 amide bonds. The van der Waals surface area contributed by atoms with Crippen molar-refractivity contribution in [2.75, 3.05) is 11.9 Å². The van der Waals surface area contributed by atoms with Crippen LogP contribution in [0, 0.1) is 13.8 Å². The van der Waals surface area contributed by atoms with Crippen LogP contribution < -0.4 is 10.1 Å². The Labute approximate surface area is 178 Å². The van der Waals surface area contributed by atoms with Gasteiger partial charge in [0.05, 0.1) is 0 Å². The molecule has 0 saturated carbocycles. The Balaban J connectivity index is 1.44. The highest BCUT2D eigenvalue weighted by atomic mass is 32.2. The molecule has 1 saturated heterocycles. The minimum atomic E-state index is -3.68. The molecule has 1 aliphatic heterocycles. The Hall–Kier alpha value is -2.69. The quantitative estimate of drug-likeness (QED) is 0.601. The molecule has 158 valence electrons. The first-order valence-corrected chi connectivity index (χ1v) is 11.8. The van der Waals surface area contributed by atoms with Crippen LogP contribution in [0.1, 0.15) is 23.4 Å². The van der Waals surface area contributed by atoms with E-state index >= 15 is 0 Å². The molecule has 2 N–H and O–H groups in total. The number of aryl methyl sites for hydroxylation is 2. The number of rotatable bonds is 6. The lowest BCUT2D eigenvalue weighted by atomic mass is 10.2. The maximum atomic E-state index is 13.0. The maximum Gasteiger partial charge on any atom is 0.253 e. The van der Waals surface area contributed by atoms with Crippen LogP contribution >= 0.6 is 11.3 Å². The summed E-state index contributed by atoms with van der Waals surface area (Å²) in [6.45, 7) is 4.08. The molecule has 1 fully saturated rings. The number of nitrogens with one attached hydrogen (secondary N) is 2. The summed E-state index contributed by atoms with van der Waals surface area (Å²) in [6, 6.07) is 11.3. The number of hydrogen-bond acceptors (Lipinski definition) is 6. The van der Waals surface area contributed by atoms with Crippen LogP contribution in [0.25, 0.3) is 0 Å². The number of benzene rings is 1. The first kappa shape index (κ1) is 20.6. The Morgan fingerprint density at radius 2 is 2.00 bits per heavy atom. The fourth-order valence-corrected chi connectivity index (χ4v) is 6.42. The Morgan fingerprint density at radius 3 is 2.63 bits per heavy atom. The highest BCUT2D eigenvalue weighted by Gasteiger charge is 2.40. The SMILES string of the molecule is Cc1cc(Oc2ccc(NC(=O)[C@H]3CCCN3S(=O)(=O)c3ccc(C)s3)cc2)n[nH]1. The third-order valence-electron chi connectivity index (χ3n) is 4.81. The predicted molar refractivity (Wildman–Crippen MR) is 114 cm³/mol. The van der Waals surface area contributed by atoms with Crippen molar-refractivity contribution in [3.8, 4) is 11.6 Å². The van der Waals surface area contributed by atoms with Crippen LogP contribution in [-0.2, 0) is 14.8 Å². The van der Waals surface area contributed by atoms with Gasteiger partial charge in [0, 0.05) is 28.9 Å². The summed E-state index contributed by atoms with van der Waals surface area (Å²) in [5, 5.41) is 9.63. The fraction of sp³-hybridized carbons (Fsp3) is 0.300. The summed E-state index contributed by atoms with van der Waals surface area (Å²) in [5.74, 6) is 0.707. The second-order valence-electron chi connectivity index (χ2n) is 7.14. The molecule has 4 rings (SSSR count). The van der Waals surface area contributed by atoms with E-state index in [-0.39, 0.29) is 10.1 Å². The number of ether oxygens (including phenoxy) is 1. The third-order valence-corrected chi connectivity index (χ3v) is 8.19. The molecule has 0 spiro atoms. The molecule has 30 heavy (non-hydrogen) atoms. The maximum absolute atomic E-state index is 13.0. The Kier molecular flexibility index (Phi) is 5.63. The lowest BCUT2D eigenvalue weighted by Crippen LogP contribution is -2.42. The van der Waals surface area contributed by atoms with Gasteiger partial charge in [-0.05, 0) is 63.1 Å². The molecule has 2 aromatic heterocycles. The minimum absolute atomic E-state index is 0.273. The summed E-state index contributed by atoms with van der Waals surface area (Å²) in [7, 11) is -3.68. The number of carbonyl (C=O) groups excluding carboxylic acids is 1. The monoisotopic (exact) mass is 446 g/mol. The first-order valence-electron chi connectivity index (χ1n) is 9.52. The number of H-pyrrole nitrogens is 1. The van der Waals surface area contributed by atoms with Crippen molar-refractivity contribution < 1.29 is 17.9 Å². The topological polar surface area (TPSA) is 104 Å². The van der Waals surface area contributed by atoms with E-state index in [1.807, 2.05) is 13.8 Å². The van der Waals surface area contributed by atoms with Crippen LogP contribution in [0.2, 0.25) is 0 Å². The van der Waals surface area contributed by atoms with Gasteiger partial charge >= 0.3 is 0 Å². The molecular weight excluding hydrogens is 424 g/mol. The van der Waals surface area contributed by atoms with Crippen molar-refractivity contribution >= 4 is 33.0 Å². The van der Waals surface area contributed by atoms with Crippen molar-refractivity contribution in [3.63, 3.8) is 0 Å². The first-order chi connectivity index (χ1) is 14.3. The van der Waals surface area contributed by atoms with Crippen molar-refractivity contribution in [1.82, 2.24) is 14.5 Å². The zero-order valence-corrected chi connectivity index (χ0v) is 18.2. The van der Waals surface area contributed by atoms with E-state index in [1.165, 1.54) is 15.6 Å². The minimum Gasteiger partial charge on any atom is -0.438 e. The average Bonchev–Trinajstić information content (AvgIpc) is 3.44. The lowest BCUT2D eigenvalue weighted by Gasteiger charge is -2.22. The van der Waals surface area contributed by atoms with Crippen LogP contribution in [0.3, 0.4) is 0 Å². The summed E-state index contributed by atoms with van der Waals surface area (Å²) in [5.41, 5.74) is 1.46. The van der Waals surface area contributed by atoms with Crippen LogP contribution in [0.4, 0.5) is 5.69 Å². The number of anilines is 1. The molecule has 3 heterocycles. The van der Waals surface area contributed by atoms with Gasteiger partial charge in [-0.15, -0.1) is 16.4 Å². The smallest absolute Gasteiger partial charge is 0.253 e. The van der Waals surface area contributed by atoms with E-state index < -0.39 is 16.1 Å². The number of aromatic amines is 1. The summed E-state index contributed by atoms with van der Waals surface area (Å²) >= 11 is 1.22. The highest BCUT2D eigenvalue weighted by Crippen LogP contribution is 2.31. The molecule has 1 aliphatic rings. The molecule has 8 nitrogen and oxygen atoms in total. The summed E-state index contributed by atoms with van der Waals surface area (Å²) in [4.78, 5) is 13.7. The predicted octanol–water partition coefficient (Wildman–Crippen LogP) is 3.67. The molecule has 0 radical (unpaired) electrons. The van der Waals surface area contributed by atoms with E-state index in [0.29, 0.717) is 36.7 Å². The second-order valence-corrected chi connectivity index (χ2v) is 10.5. The van der Waals surface area contributed by atoms with Crippen LogP contribution in [0.15, 0.2) is 46.7 Å². The number of carbonyl (C=O) groups is 1. The largest absolute Gasteiger partial charge is 0.438 e. The van der Waals surface area contributed by atoms with E-state index in [0.717, 1.165) is 10.6 Å². The van der Waals surface area contributed by atoms with Gasteiger partial charge in [-0.25, -0.2) is 8.42 Å². The number of sulfonamides is 1. The zero-order chi connectivity index (χ0) is 21.3. The number of aromatic nitrogens is 2. The molecule has 0 unspecified atom stereocenters. The molecule has 1 aromatic carbocycles. The van der Waals surface area contributed by atoms with Gasteiger partial charge in [-0.1, -0.05) is 0 Å². The number of thiophene rings is 1. The van der Waals surface area contributed by atoms with Crippen molar-refractivity contribution in [1.29, 1.82) is 0 Å². The normalized spacial score (nSPS) is 17.2.